The van der Waals surface area contributed by atoms with Crippen LogP contribution in [0.2, 0.25) is 10.0 Å². The fourth-order valence-electron chi connectivity index (χ4n) is 1.48. The van der Waals surface area contributed by atoms with E-state index in [-0.39, 0.29) is 0 Å². The van der Waals surface area contributed by atoms with Gasteiger partial charge in [0.25, 0.3) is 0 Å². The van der Waals surface area contributed by atoms with E-state index in [1.54, 1.807) is 18.2 Å². The summed E-state index contributed by atoms with van der Waals surface area (Å²) >= 11 is 15.2. The zero-order chi connectivity index (χ0) is 13.1. The topological polar surface area (TPSA) is 35.8 Å². The maximum absolute atomic E-state index is 9.12. The molecule has 0 aliphatic rings. The van der Waals surface area contributed by atoms with Gasteiger partial charge in [-0.1, -0.05) is 29.3 Å². The molecule has 1 N–H and O–H groups in total. The van der Waals surface area contributed by atoms with Gasteiger partial charge in [0, 0.05) is 9.50 Å². The maximum atomic E-state index is 9.12. The molecule has 0 saturated heterocycles. The van der Waals surface area contributed by atoms with Crippen LogP contribution in [0.4, 0.5) is 11.4 Å². The number of hydrogen-bond acceptors (Lipinski definition) is 2. The summed E-state index contributed by atoms with van der Waals surface area (Å²) < 4.78 is 0.736. The quantitative estimate of drug-likeness (QED) is 0.796. The lowest BCUT2D eigenvalue weighted by Crippen LogP contribution is -1.95. The van der Waals surface area contributed by atoms with Crippen molar-refractivity contribution in [3.05, 3.63) is 56.5 Å². The van der Waals surface area contributed by atoms with E-state index in [0.29, 0.717) is 27.0 Å². The molecule has 0 heterocycles. The molecule has 0 bridgehead atoms. The number of benzene rings is 2. The van der Waals surface area contributed by atoms with E-state index in [0.717, 1.165) is 4.47 Å². The number of rotatable bonds is 2. The third-order valence-corrected chi connectivity index (χ3v) is 3.53. The van der Waals surface area contributed by atoms with Crippen LogP contribution < -0.4 is 5.32 Å². The second-order valence-corrected chi connectivity index (χ2v) is 5.22. The van der Waals surface area contributed by atoms with Gasteiger partial charge in [-0.3, -0.25) is 0 Å². The van der Waals surface area contributed by atoms with E-state index in [4.69, 9.17) is 28.5 Å². The van der Waals surface area contributed by atoms with Crippen molar-refractivity contribution in [2.24, 2.45) is 0 Å². The average Bonchev–Trinajstić information content (AvgIpc) is 2.33. The molecule has 2 nitrogen and oxygen atoms in total. The Balaban J connectivity index is 2.41. The molecule has 0 atom stereocenters. The summed E-state index contributed by atoms with van der Waals surface area (Å²) in [5, 5.41) is 13.3. The van der Waals surface area contributed by atoms with Crippen LogP contribution >= 0.6 is 39.1 Å². The molecule has 18 heavy (non-hydrogen) atoms. The summed E-state index contributed by atoms with van der Waals surface area (Å²) in [7, 11) is 0. The van der Waals surface area contributed by atoms with Gasteiger partial charge >= 0.3 is 0 Å². The molecule has 2 aromatic rings. The van der Waals surface area contributed by atoms with Crippen LogP contribution in [0.1, 0.15) is 5.56 Å². The maximum Gasteiger partial charge on any atom is 0.103 e. The van der Waals surface area contributed by atoms with E-state index in [1.807, 2.05) is 18.2 Å². The number of anilines is 2. The first-order chi connectivity index (χ1) is 8.61. The first-order valence-corrected chi connectivity index (χ1v) is 6.57. The van der Waals surface area contributed by atoms with E-state index < -0.39 is 0 Å². The first kappa shape index (κ1) is 13.2. The monoisotopic (exact) mass is 340 g/mol. The molecule has 0 aliphatic carbocycles. The summed E-state index contributed by atoms with van der Waals surface area (Å²) in [6.45, 7) is 0. The standard InChI is InChI=1S/C13H7BrCl2N2/c14-10-2-1-3-12(9(10)7-17)18-13-5-4-8(15)6-11(13)16/h1-6,18H. The number of nitriles is 1. The molecule has 0 saturated carbocycles. The highest BCUT2D eigenvalue weighted by Gasteiger charge is 2.08. The van der Waals surface area contributed by atoms with Crippen LogP contribution in [0.15, 0.2) is 40.9 Å². The molecule has 0 radical (unpaired) electrons. The summed E-state index contributed by atoms with van der Waals surface area (Å²) in [6.07, 6.45) is 0. The van der Waals surface area contributed by atoms with Crippen molar-refractivity contribution in [1.82, 2.24) is 0 Å². The van der Waals surface area contributed by atoms with Gasteiger partial charge in [0.05, 0.1) is 22.0 Å². The smallest absolute Gasteiger partial charge is 0.103 e. The Bertz CT molecular complexity index is 635. The van der Waals surface area contributed by atoms with Gasteiger partial charge in [-0.15, -0.1) is 0 Å². The van der Waals surface area contributed by atoms with Gasteiger partial charge in [-0.2, -0.15) is 5.26 Å². The Hall–Kier alpha value is -1.21. The number of nitrogens with one attached hydrogen (secondary N) is 1. The first-order valence-electron chi connectivity index (χ1n) is 5.02. The molecule has 0 aliphatic heterocycles. The summed E-state index contributed by atoms with van der Waals surface area (Å²) in [5.74, 6) is 0. The highest BCUT2D eigenvalue weighted by Crippen LogP contribution is 2.31. The van der Waals surface area contributed by atoms with Crippen molar-refractivity contribution in [2.45, 2.75) is 0 Å². The summed E-state index contributed by atoms with van der Waals surface area (Å²) in [6, 6.07) is 12.8. The fraction of sp³-hybridized carbons (Fsp3) is 0. The Kier molecular flexibility index (Phi) is 4.13. The highest BCUT2D eigenvalue weighted by molar-refractivity contribution is 9.10. The van der Waals surface area contributed by atoms with E-state index >= 15 is 0 Å². The Morgan fingerprint density at radius 1 is 1.11 bits per heavy atom. The molecule has 0 amide bonds. The van der Waals surface area contributed by atoms with Crippen molar-refractivity contribution < 1.29 is 0 Å². The third-order valence-electron chi connectivity index (χ3n) is 2.33. The minimum Gasteiger partial charge on any atom is -0.353 e. The van der Waals surface area contributed by atoms with Gasteiger partial charge < -0.3 is 5.32 Å². The Morgan fingerprint density at radius 2 is 1.89 bits per heavy atom. The Morgan fingerprint density at radius 3 is 2.56 bits per heavy atom. The van der Waals surface area contributed by atoms with E-state index in [2.05, 4.69) is 27.3 Å². The van der Waals surface area contributed by atoms with Gasteiger partial charge in [0.1, 0.15) is 6.07 Å². The Labute approximate surface area is 123 Å². The number of hydrogen-bond donors (Lipinski definition) is 1. The zero-order valence-corrected chi connectivity index (χ0v) is 12.1. The van der Waals surface area contributed by atoms with Crippen molar-refractivity contribution in [1.29, 1.82) is 5.26 Å². The van der Waals surface area contributed by atoms with E-state index in [9.17, 15) is 0 Å². The van der Waals surface area contributed by atoms with Crippen LogP contribution in [-0.2, 0) is 0 Å². The highest BCUT2D eigenvalue weighted by atomic mass is 79.9. The largest absolute Gasteiger partial charge is 0.353 e. The molecule has 2 aromatic carbocycles. The van der Waals surface area contributed by atoms with Gasteiger partial charge in [-0.05, 0) is 46.3 Å². The van der Waals surface area contributed by atoms with Gasteiger partial charge in [0.2, 0.25) is 0 Å². The zero-order valence-electron chi connectivity index (χ0n) is 9.05. The predicted octanol–water partition coefficient (Wildman–Crippen LogP) is 5.37. The van der Waals surface area contributed by atoms with Gasteiger partial charge in [0.15, 0.2) is 0 Å². The molecule has 0 aromatic heterocycles. The predicted molar refractivity (Wildman–Crippen MR) is 78.6 cm³/mol. The lowest BCUT2D eigenvalue weighted by molar-refractivity contribution is 1.44. The average molecular weight is 342 g/mol. The molecule has 0 unspecified atom stereocenters. The molecule has 5 heteroatoms. The lowest BCUT2D eigenvalue weighted by Gasteiger charge is -2.10. The lowest BCUT2D eigenvalue weighted by atomic mass is 10.2. The van der Waals surface area contributed by atoms with Crippen molar-refractivity contribution in [3.63, 3.8) is 0 Å². The van der Waals surface area contributed by atoms with Gasteiger partial charge in [-0.25, -0.2) is 0 Å². The summed E-state index contributed by atoms with van der Waals surface area (Å²) in [5.41, 5.74) is 1.93. The SMILES string of the molecule is N#Cc1c(Br)cccc1Nc1ccc(Cl)cc1Cl. The van der Waals surface area contributed by atoms with Crippen LogP contribution in [0.25, 0.3) is 0 Å². The molecular formula is C13H7BrCl2N2. The number of halogens is 3. The second-order valence-electron chi connectivity index (χ2n) is 3.52. The fourth-order valence-corrected chi connectivity index (χ4v) is 2.39. The second kappa shape index (κ2) is 5.62. The van der Waals surface area contributed by atoms with Crippen molar-refractivity contribution in [3.8, 4) is 6.07 Å². The van der Waals surface area contributed by atoms with Crippen molar-refractivity contribution >= 4 is 50.5 Å². The molecular weight excluding hydrogens is 335 g/mol. The minimum absolute atomic E-state index is 0.506. The minimum atomic E-state index is 0.506. The number of nitrogens with zero attached hydrogens (tertiary/aromatic N) is 1. The summed E-state index contributed by atoms with van der Waals surface area (Å²) in [4.78, 5) is 0. The molecule has 2 rings (SSSR count). The molecule has 0 fully saturated rings. The van der Waals surface area contributed by atoms with Crippen LogP contribution in [0.5, 0.6) is 0 Å². The van der Waals surface area contributed by atoms with Crippen LogP contribution in [-0.4, -0.2) is 0 Å². The van der Waals surface area contributed by atoms with E-state index in [1.165, 1.54) is 0 Å². The molecule has 0 spiro atoms. The van der Waals surface area contributed by atoms with Crippen LogP contribution in [0, 0.1) is 11.3 Å². The normalized spacial score (nSPS) is 9.89. The van der Waals surface area contributed by atoms with Crippen LogP contribution in [0.3, 0.4) is 0 Å². The molecule has 90 valence electrons. The van der Waals surface area contributed by atoms with Crippen molar-refractivity contribution in [2.75, 3.05) is 5.32 Å². The third kappa shape index (κ3) is 2.78.